The van der Waals surface area contributed by atoms with E-state index in [1.54, 1.807) is 7.11 Å². The molecule has 1 heterocycles. The fourth-order valence-electron chi connectivity index (χ4n) is 2.76. The summed E-state index contributed by atoms with van der Waals surface area (Å²) >= 11 is 3.52. The third kappa shape index (κ3) is 2.92. The van der Waals surface area contributed by atoms with E-state index in [9.17, 15) is 0 Å². The summed E-state index contributed by atoms with van der Waals surface area (Å²) < 4.78 is 12.6. The van der Waals surface area contributed by atoms with Crippen LogP contribution in [-0.2, 0) is 0 Å². The molecule has 1 aliphatic rings. The van der Waals surface area contributed by atoms with E-state index in [0.717, 1.165) is 28.0 Å². The molecule has 2 atom stereocenters. The number of hydrogen-bond donors (Lipinski definition) is 1. The van der Waals surface area contributed by atoms with Gasteiger partial charge in [-0.25, -0.2) is 0 Å². The Morgan fingerprint density at radius 2 is 2.10 bits per heavy atom. The van der Waals surface area contributed by atoms with Crippen molar-refractivity contribution in [1.29, 1.82) is 0 Å². The van der Waals surface area contributed by atoms with Gasteiger partial charge in [0, 0.05) is 22.5 Å². The Morgan fingerprint density at radius 3 is 2.81 bits per heavy atom. The van der Waals surface area contributed by atoms with E-state index >= 15 is 0 Å². The highest BCUT2D eigenvalue weighted by atomic mass is 79.9. The Bertz CT molecular complexity index is 644. The first-order valence-corrected chi connectivity index (χ1v) is 7.78. The smallest absolute Gasteiger partial charge is 0.126 e. The van der Waals surface area contributed by atoms with Gasteiger partial charge in [-0.1, -0.05) is 28.1 Å². The van der Waals surface area contributed by atoms with Gasteiger partial charge in [0.1, 0.15) is 17.6 Å². The molecule has 2 unspecified atom stereocenters. The number of nitrogens with one attached hydrogen (secondary N) is 1. The zero-order valence-electron chi connectivity index (χ0n) is 12.1. The van der Waals surface area contributed by atoms with Crippen molar-refractivity contribution in [3.63, 3.8) is 0 Å². The highest BCUT2D eigenvalue weighted by molar-refractivity contribution is 9.10. The molecule has 0 fully saturated rings. The highest BCUT2D eigenvalue weighted by Gasteiger charge is 2.28. The molecule has 1 aliphatic heterocycles. The van der Waals surface area contributed by atoms with Crippen molar-refractivity contribution in [3.05, 3.63) is 58.1 Å². The number of hydrogen-bond acceptors (Lipinski definition) is 3. The minimum Gasteiger partial charge on any atom is -0.497 e. The lowest BCUT2D eigenvalue weighted by Crippen LogP contribution is -2.26. The largest absolute Gasteiger partial charge is 0.497 e. The normalized spacial score (nSPS) is 20.5. The van der Waals surface area contributed by atoms with Gasteiger partial charge in [0.25, 0.3) is 0 Å². The lowest BCUT2D eigenvalue weighted by molar-refractivity contribution is 0.153. The minimum absolute atomic E-state index is 0.0563. The molecule has 0 aromatic heterocycles. The van der Waals surface area contributed by atoms with Crippen LogP contribution in [0.5, 0.6) is 11.5 Å². The van der Waals surface area contributed by atoms with E-state index in [1.807, 2.05) is 37.4 Å². The highest BCUT2D eigenvalue weighted by Crippen LogP contribution is 2.42. The van der Waals surface area contributed by atoms with Crippen LogP contribution in [0.15, 0.2) is 46.9 Å². The molecule has 0 radical (unpaired) electrons. The molecule has 21 heavy (non-hydrogen) atoms. The number of benzene rings is 2. The third-order valence-corrected chi connectivity index (χ3v) is 4.37. The molecule has 1 N–H and O–H groups in total. The second-order valence-corrected chi connectivity index (χ2v) is 6.06. The van der Waals surface area contributed by atoms with Gasteiger partial charge in [-0.05, 0) is 42.9 Å². The molecule has 110 valence electrons. The van der Waals surface area contributed by atoms with Crippen LogP contribution in [-0.4, -0.2) is 14.2 Å². The second kappa shape index (κ2) is 6.08. The minimum atomic E-state index is 0.0563. The number of methoxy groups -OCH3 is 1. The summed E-state index contributed by atoms with van der Waals surface area (Å²) in [6.07, 6.45) is 0.952. The van der Waals surface area contributed by atoms with E-state index in [0.29, 0.717) is 0 Å². The van der Waals surface area contributed by atoms with E-state index < -0.39 is 0 Å². The van der Waals surface area contributed by atoms with Gasteiger partial charge in [0.15, 0.2) is 0 Å². The second-order valence-electron chi connectivity index (χ2n) is 5.14. The molecule has 0 spiro atoms. The lowest BCUT2D eigenvalue weighted by atomic mass is 9.93. The van der Waals surface area contributed by atoms with Gasteiger partial charge in [0.2, 0.25) is 0 Å². The van der Waals surface area contributed by atoms with Crippen LogP contribution >= 0.6 is 15.9 Å². The van der Waals surface area contributed by atoms with Crippen LogP contribution in [0, 0.1) is 0 Å². The molecule has 0 saturated carbocycles. The van der Waals surface area contributed by atoms with E-state index in [4.69, 9.17) is 9.47 Å². The lowest BCUT2D eigenvalue weighted by Gasteiger charge is -2.32. The topological polar surface area (TPSA) is 30.5 Å². The van der Waals surface area contributed by atoms with Crippen molar-refractivity contribution in [2.75, 3.05) is 14.2 Å². The molecule has 3 nitrogen and oxygen atoms in total. The van der Waals surface area contributed by atoms with Gasteiger partial charge >= 0.3 is 0 Å². The van der Waals surface area contributed by atoms with Gasteiger partial charge < -0.3 is 14.8 Å². The number of fused-ring (bicyclic) bond motifs is 1. The average molecular weight is 348 g/mol. The maximum Gasteiger partial charge on any atom is 0.126 e. The van der Waals surface area contributed by atoms with E-state index in [1.165, 1.54) is 5.56 Å². The molecule has 0 saturated heterocycles. The monoisotopic (exact) mass is 347 g/mol. The summed E-state index contributed by atoms with van der Waals surface area (Å²) in [5, 5.41) is 3.38. The maximum absolute atomic E-state index is 6.19. The Morgan fingerprint density at radius 1 is 1.24 bits per heavy atom. The van der Waals surface area contributed by atoms with Crippen LogP contribution < -0.4 is 14.8 Å². The van der Waals surface area contributed by atoms with Crippen molar-refractivity contribution in [3.8, 4) is 11.5 Å². The van der Waals surface area contributed by atoms with Crippen molar-refractivity contribution in [2.45, 2.75) is 18.6 Å². The first kappa shape index (κ1) is 14.4. The molecule has 4 heteroatoms. The summed E-state index contributed by atoms with van der Waals surface area (Å²) in [5.41, 5.74) is 2.34. The number of rotatable bonds is 3. The van der Waals surface area contributed by atoms with Gasteiger partial charge in [-0.3, -0.25) is 0 Å². The molecule has 0 aliphatic carbocycles. The van der Waals surface area contributed by atoms with Crippen molar-refractivity contribution in [2.24, 2.45) is 0 Å². The Hall–Kier alpha value is -1.52. The SMILES string of the molecule is CNC1CC(c2cccc(Br)c2)Oc2ccc(OC)cc21. The molecule has 2 aromatic carbocycles. The van der Waals surface area contributed by atoms with Crippen molar-refractivity contribution < 1.29 is 9.47 Å². The van der Waals surface area contributed by atoms with Crippen LogP contribution in [0.3, 0.4) is 0 Å². The van der Waals surface area contributed by atoms with Crippen LogP contribution in [0.25, 0.3) is 0 Å². The summed E-state index contributed by atoms with van der Waals surface area (Å²) in [6.45, 7) is 0. The van der Waals surface area contributed by atoms with Gasteiger partial charge in [-0.15, -0.1) is 0 Å². The fraction of sp³-hybridized carbons (Fsp3) is 0.294. The number of halogens is 1. The molecular formula is C17H18BrNO2. The predicted octanol–water partition coefficient (Wildman–Crippen LogP) is 4.24. The molecular weight excluding hydrogens is 330 g/mol. The molecule has 2 aromatic rings. The summed E-state index contributed by atoms with van der Waals surface area (Å²) in [4.78, 5) is 0. The zero-order valence-corrected chi connectivity index (χ0v) is 13.7. The first-order valence-electron chi connectivity index (χ1n) is 6.98. The quantitative estimate of drug-likeness (QED) is 0.900. The van der Waals surface area contributed by atoms with E-state index in [2.05, 4.69) is 33.4 Å². The van der Waals surface area contributed by atoms with Crippen molar-refractivity contribution in [1.82, 2.24) is 5.32 Å². The predicted molar refractivity (Wildman–Crippen MR) is 86.9 cm³/mol. The fourth-order valence-corrected chi connectivity index (χ4v) is 3.18. The summed E-state index contributed by atoms with van der Waals surface area (Å²) in [7, 11) is 3.67. The first-order chi connectivity index (χ1) is 10.2. The van der Waals surface area contributed by atoms with E-state index in [-0.39, 0.29) is 12.1 Å². The number of ether oxygens (including phenoxy) is 2. The van der Waals surface area contributed by atoms with Crippen LogP contribution in [0.2, 0.25) is 0 Å². The Labute approximate surface area is 133 Å². The standard InChI is InChI=1S/C17H18BrNO2/c1-19-15-10-17(11-4-3-5-12(18)8-11)21-16-7-6-13(20-2)9-14(15)16/h3-9,15,17,19H,10H2,1-2H3. The van der Waals surface area contributed by atoms with Crippen LogP contribution in [0.1, 0.15) is 29.7 Å². The zero-order chi connectivity index (χ0) is 14.8. The third-order valence-electron chi connectivity index (χ3n) is 3.88. The Balaban J connectivity index is 1.95. The van der Waals surface area contributed by atoms with Gasteiger partial charge in [-0.2, -0.15) is 0 Å². The molecule has 0 bridgehead atoms. The van der Waals surface area contributed by atoms with Gasteiger partial charge in [0.05, 0.1) is 7.11 Å². The molecule has 3 rings (SSSR count). The summed E-state index contributed by atoms with van der Waals surface area (Å²) in [5.74, 6) is 1.78. The Kier molecular flexibility index (Phi) is 4.17. The average Bonchev–Trinajstić information content (AvgIpc) is 2.53. The molecule has 0 amide bonds. The maximum atomic E-state index is 6.19. The summed E-state index contributed by atoms with van der Waals surface area (Å²) in [6, 6.07) is 14.5. The van der Waals surface area contributed by atoms with Crippen molar-refractivity contribution >= 4 is 15.9 Å². The van der Waals surface area contributed by atoms with Crippen LogP contribution in [0.4, 0.5) is 0 Å².